The van der Waals surface area contributed by atoms with Gasteiger partial charge in [0.25, 0.3) is 11.8 Å². The highest BCUT2D eigenvalue weighted by Crippen LogP contribution is 2.22. The Bertz CT molecular complexity index is 802. The molecule has 2 amide bonds. The lowest BCUT2D eigenvalue weighted by Crippen LogP contribution is -2.51. The topological polar surface area (TPSA) is 95.5 Å². The Balaban J connectivity index is 2.14. The Morgan fingerprint density at radius 3 is 2.46 bits per heavy atom. The van der Waals surface area contributed by atoms with Crippen LogP contribution in [0.1, 0.15) is 47.2 Å². The fourth-order valence-corrected chi connectivity index (χ4v) is 3.00. The van der Waals surface area contributed by atoms with Crippen LogP contribution in [-0.2, 0) is 4.79 Å². The van der Waals surface area contributed by atoms with E-state index in [1.807, 2.05) is 19.2 Å². The van der Waals surface area contributed by atoms with E-state index in [2.05, 4.69) is 10.6 Å². The zero-order valence-electron chi connectivity index (χ0n) is 14.9. The van der Waals surface area contributed by atoms with Crippen molar-refractivity contribution in [1.29, 1.82) is 0 Å². The molecule has 0 spiro atoms. The molecule has 0 bridgehead atoms. The second kappa shape index (κ2) is 8.14. The molecular weight excluding hydrogens is 352 g/mol. The minimum absolute atomic E-state index is 0.0655. The molecule has 1 aromatic heterocycles. The quantitative estimate of drug-likeness (QED) is 0.690. The van der Waals surface area contributed by atoms with Gasteiger partial charge in [-0.1, -0.05) is 26.0 Å². The van der Waals surface area contributed by atoms with Crippen LogP contribution >= 0.6 is 11.3 Å². The first-order valence-corrected chi connectivity index (χ1v) is 9.08. The minimum atomic E-state index is -0.974. The van der Waals surface area contributed by atoms with Crippen molar-refractivity contribution in [2.24, 2.45) is 5.92 Å². The Labute approximate surface area is 156 Å². The van der Waals surface area contributed by atoms with E-state index in [9.17, 15) is 14.4 Å². The van der Waals surface area contributed by atoms with E-state index >= 15 is 0 Å². The van der Waals surface area contributed by atoms with E-state index in [1.165, 1.54) is 11.3 Å². The number of aliphatic carboxylic acids is 1. The zero-order valence-corrected chi connectivity index (χ0v) is 15.7. The van der Waals surface area contributed by atoms with Gasteiger partial charge in [-0.2, -0.15) is 0 Å². The molecule has 1 aromatic carbocycles. The summed E-state index contributed by atoms with van der Waals surface area (Å²) in [4.78, 5) is 36.4. The molecule has 0 aliphatic rings. The lowest BCUT2D eigenvalue weighted by molar-refractivity contribution is -0.138. The molecule has 0 aliphatic carbocycles. The van der Waals surface area contributed by atoms with Crippen LogP contribution in [0.2, 0.25) is 0 Å². The summed E-state index contributed by atoms with van der Waals surface area (Å²) in [6.45, 7) is 5.44. The van der Waals surface area contributed by atoms with Crippen LogP contribution in [0.15, 0.2) is 41.8 Å². The predicted octanol–water partition coefficient (Wildman–Crippen LogP) is 3.62. The summed E-state index contributed by atoms with van der Waals surface area (Å²) in [5.41, 5.74) is -0.0224. The van der Waals surface area contributed by atoms with Crippen molar-refractivity contribution in [2.75, 3.05) is 5.32 Å². The summed E-state index contributed by atoms with van der Waals surface area (Å²) in [6.07, 6.45) is -0.175. The van der Waals surface area contributed by atoms with Crippen LogP contribution in [-0.4, -0.2) is 28.4 Å². The van der Waals surface area contributed by atoms with Crippen molar-refractivity contribution in [3.63, 3.8) is 0 Å². The SMILES string of the molecule is CC(C)C(C)(CC(=O)O)NC(=O)c1cccc(NC(=O)c2cccs2)c1. The molecule has 2 rings (SSSR count). The van der Waals surface area contributed by atoms with Gasteiger partial charge in [-0.25, -0.2) is 0 Å². The normalized spacial score (nSPS) is 13.1. The molecule has 0 saturated heterocycles. The van der Waals surface area contributed by atoms with E-state index in [4.69, 9.17) is 5.11 Å². The summed E-state index contributed by atoms with van der Waals surface area (Å²) in [5.74, 6) is -1.66. The molecule has 6 nitrogen and oxygen atoms in total. The smallest absolute Gasteiger partial charge is 0.305 e. The monoisotopic (exact) mass is 374 g/mol. The largest absolute Gasteiger partial charge is 0.481 e. The van der Waals surface area contributed by atoms with E-state index in [-0.39, 0.29) is 24.2 Å². The molecule has 1 unspecified atom stereocenters. The molecule has 1 heterocycles. The molecule has 0 aliphatic heterocycles. The third kappa shape index (κ3) is 4.92. The van der Waals surface area contributed by atoms with Gasteiger partial charge in [-0.05, 0) is 42.5 Å². The Kier molecular flexibility index (Phi) is 6.15. The Morgan fingerprint density at radius 2 is 1.88 bits per heavy atom. The number of thiophene rings is 1. The van der Waals surface area contributed by atoms with Gasteiger partial charge in [-0.3, -0.25) is 14.4 Å². The zero-order chi connectivity index (χ0) is 19.3. The number of nitrogens with one attached hydrogen (secondary N) is 2. The van der Waals surface area contributed by atoms with E-state index in [1.54, 1.807) is 43.3 Å². The first-order chi connectivity index (χ1) is 12.2. The van der Waals surface area contributed by atoms with Crippen LogP contribution in [0.25, 0.3) is 0 Å². The van der Waals surface area contributed by atoms with Crippen molar-refractivity contribution >= 4 is 34.8 Å². The van der Waals surface area contributed by atoms with Crippen LogP contribution in [0.4, 0.5) is 5.69 Å². The second-order valence-corrected chi connectivity index (χ2v) is 7.56. The molecule has 1 atom stereocenters. The Hall–Kier alpha value is -2.67. The van der Waals surface area contributed by atoms with Gasteiger partial charge < -0.3 is 15.7 Å². The van der Waals surface area contributed by atoms with Gasteiger partial charge in [-0.15, -0.1) is 11.3 Å². The lowest BCUT2D eigenvalue weighted by atomic mass is 9.85. The van der Waals surface area contributed by atoms with Gasteiger partial charge in [0.15, 0.2) is 0 Å². The van der Waals surface area contributed by atoms with Crippen molar-refractivity contribution in [3.05, 3.63) is 52.2 Å². The number of carboxylic acids is 1. The van der Waals surface area contributed by atoms with Crippen LogP contribution in [0.5, 0.6) is 0 Å². The van der Waals surface area contributed by atoms with Gasteiger partial charge >= 0.3 is 5.97 Å². The third-order valence-electron chi connectivity index (χ3n) is 4.32. The second-order valence-electron chi connectivity index (χ2n) is 6.61. The minimum Gasteiger partial charge on any atom is -0.481 e. The number of amides is 2. The molecule has 7 heteroatoms. The first kappa shape index (κ1) is 19.7. The van der Waals surface area contributed by atoms with Crippen LogP contribution in [0, 0.1) is 5.92 Å². The van der Waals surface area contributed by atoms with Crippen LogP contribution < -0.4 is 10.6 Å². The molecule has 2 aromatic rings. The summed E-state index contributed by atoms with van der Waals surface area (Å²) in [6, 6.07) is 10.1. The molecule has 3 N–H and O–H groups in total. The number of benzene rings is 1. The van der Waals surface area contributed by atoms with E-state index in [0.29, 0.717) is 16.1 Å². The molecule has 0 fully saturated rings. The maximum absolute atomic E-state index is 12.6. The standard InChI is InChI=1S/C19H22N2O4S/c1-12(2)19(3,11-16(22)23)21-17(24)13-6-4-7-14(10-13)20-18(25)15-8-5-9-26-15/h4-10,12H,11H2,1-3H3,(H,20,25)(H,21,24)(H,22,23). The van der Waals surface area contributed by atoms with Crippen molar-refractivity contribution < 1.29 is 19.5 Å². The summed E-state index contributed by atoms with van der Waals surface area (Å²) >= 11 is 1.33. The predicted molar refractivity (Wildman–Crippen MR) is 102 cm³/mol. The highest BCUT2D eigenvalue weighted by molar-refractivity contribution is 7.12. The molecule has 26 heavy (non-hydrogen) atoms. The molecule has 138 valence electrons. The van der Waals surface area contributed by atoms with Gasteiger partial charge in [0, 0.05) is 11.3 Å². The van der Waals surface area contributed by atoms with E-state index < -0.39 is 11.5 Å². The van der Waals surface area contributed by atoms with Crippen LogP contribution in [0.3, 0.4) is 0 Å². The third-order valence-corrected chi connectivity index (χ3v) is 5.19. The average Bonchev–Trinajstić information content (AvgIpc) is 3.08. The maximum Gasteiger partial charge on any atom is 0.305 e. The maximum atomic E-state index is 12.6. The number of rotatable bonds is 7. The van der Waals surface area contributed by atoms with Crippen molar-refractivity contribution in [1.82, 2.24) is 5.32 Å². The summed E-state index contributed by atoms with van der Waals surface area (Å²) < 4.78 is 0. The van der Waals surface area contributed by atoms with Gasteiger partial charge in [0.2, 0.25) is 0 Å². The number of carbonyl (C=O) groups is 3. The fraction of sp³-hybridized carbons (Fsp3) is 0.316. The number of carboxylic acid groups (broad SMARTS) is 1. The van der Waals surface area contributed by atoms with Crippen molar-refractivity contribution in [2.45, 2.75) is 32.7 Å². The fourth-order valence-electron chi connectivity index (χ4n) is 2.38. The Morgan fingerprint density at radius 1 is 1.15 bits per heavy atom. The lowest BCUT2D eigenvalue weighted by Gasteiger charge is -2.33. The first-order valence-electron chi connectivity index (χ1n) is 8.20. The number of hydrogen-bond donors (Lipinski definition) is 3. The molecule has 0 radical (unpaired) electrons. The number of carbonyl (C=O) groups excluding carboxylic acids is 2. The average molecular weight is 374 g/mol. The highest BCUT2D eigenvalue weighted by Gasteiger charge is 2.33. The van der Waals surface area contributed by atoms with Gasteiger partial charge in [0.1, 0.15) is 0 Å². The summed E-state index contributed by atoms with van der Waals surface area (Å²) in [7, 11) is 0. The van der Waals surface area contributed by atoms with E-state index in [0.717, 1.165) is 0 Å². The van der Waals surface area contributed by atoms with Gasteiger partial charge in [0.05, 0.1) is 16.8 Å². The van der Waals surface area contributed by atoms with Crippen molar-refractivity contribution in [3.8, 4) is 0 Å². The highest BCUT2D eigenvalue weighted by atomic mass is 32.1. The summed E-state index contributed by atoms with van der Waals surface area (Å²) in [5, 5.41) is 16.5. The molecular formula is C19H22N2O4S. The number of anilines is 1. The number of hydrogen-bond acceptors (Lipinski definition) is 4. The molecule has 0 saturated carbocycles.